The fraction of sp³-hybridized carbons (Fsp3) is 0.118. The van der Waals surface area contributed by atoms with Crippen molar-refractivity contribution in [2.75, 3.05) is 0 Å². The number of nitrogens with one attached hydrogen (secondary N) is 1. The first-order valence-corrected chi connectivity index (χ1v) is 6.75. The van der Waals surface area contributed by atoms with Gasteiger partial charge in [-0.2, -0.15) is 5.10 Å². The molecule has 2 N–H and O–H groups in total. The highest BCUT2D eigenvalue weighted by molar-refractivity contribution is 5.89. The van der Waals surface area contributed by atoms with E-state index >= 15 is 0 Å². The van der Waals surface area contributed by atoms with Crippen LogP contribution in [0.1, 0.15) is 27.0 Å². The van der Waals surface area contributed by atoms with Crippen LogP contribution in [0.15, 0.2) is 53.6 Å². The normalized spacial score (nSPS) is 10.6. The molecular formula is C17H16N2O3. The number of benzene rings is 2. The molecule has 0 aliphatic rings. The first kappa shape index (κ1) is 15.4. The minimum absolute atomic E-state index is 0.206. The van der Waals surface area contributed by atoms with Crippen molar-refractivity contribution >= 4 is 18.1 Å². The Morgan fingerprint density at radius 1 is 1.09 bits per heavy atom. The van der Waals surface area contributed by atoms with Crippen molar-refractivity contribution in [1.29, 1.82) is 0 Å². The summed E-state index contributed by atoms with van der Waals surface area (Å²) in [7, 11) is 0. The van der Waals surface area contributed by atoms with E-state index in [0.717, 1.165) is 11.1 Å². The minimum atomic E-state index is -0.977. The smallest absolute Gasteiger partial charge is 0.335 e. The second kappa shape index (κ2) is 7.17. The van der Waals surface area contributed by atoms with Crippen molar-refractivity contribution < 1.29 is 14.7 Å². The summed E-state index contributed by atoms with van der Waals surface area (Å²) in [6, 6.07) is 13.9. The summed E-state index contributed by atoms with van der Waals surface area (Å²) < 4.78 is 0. The number of aromatic carboxylic acids is 1. The molecule has 0 heterocycles. The minimum Gasteiger partial charge on any atom is -0.478 e. The largest absolute Gasteiger partial charge is 0.478 e. The number of carbonyl (C=O) groups is 2. The molecule has 0 atom stereocenters. The summed E-state index contributed by atoms with van der Waals surface area (Å²) in [6.07, 6.45) is 1.73. The third-order valence-corrected chi connectivity index (χ3v) is 3.05. The van der Waals surface area contributed by atoms with Gasteiger partial charge in [0.25, 0.3) is 0 Å². The highest BCUT2D eigenvalue weighted by Gasteiger charge is 2.02. The van der Waals surface area contributed by atoms with Crippen LogP contribution in [-0.4, -0.2) is 23.2 Å². The van der Waals surface area contributed by atoms with Gasteiger partial charge in [-0.3, -0.25) is 4.79 Å². The number of aryl methyl sites for hydroxylation is 1. The van der Waals surface area contributed by atoms with Gasteiger partial charge in [-0.15, -0.1) is 0 Å². The summed E-state index contributed by atoms with van der Waals surface area (Å²) in [5.41, 5.74) is 5.43. The average Bonchev–Trinajstić information content (AvgIpc) is 2.50. The number of hydrogen-bond donors (Lipinski definition) is 2. The summed E-state index contributed by atoms with van der Waals surface area (Å²) in [5, 5.41) is 12.6. The van der Waals surface area contributed by atoms with Crippen molar-refractivity contribution in [3.8, 4) is 0 Å². The molecule has 2 aromatic rings. The number of carbonyl (C=O) groups excluding carboxylic acids is 1. The maximum Gasteiger partial charge on any atom is 0.335 e. The van der Waals surface area contributed by atoms with Crippen LogP contribution in [0.3, 0.4) is 0 Å². The van der Waals surface area contributed by atoms with E-state index in [1.807, 2.05) is 31.2 Å². The van der Waals surface area contributed by atoms with Crippen LogP contribution in [0.2, 0.25) is 0 Å². The molecular weight excluding hydrogens is 280 g/mol. The third kappa shape index (κ3) is 4.56. The number of nitrogens with zero attached hydrogens (tertiary/aromatic N) is 1. The molecule has 0 aromatic heterocycles. The van der Waals surface area contributed by atoms with Gasteiger partial charge in [0.05, 0.1) is 18.2 Å². The second-order valence-corrected chi connectivity index (χ2v) is 4.88. The van der Waals surface area contributed by atoms with Crippen molar-refractivity contribution in [3.05, 3.63) is 70.8 Å². The number of hydrogen-bond acceptors (Lipinski definition) is 3. The number of hydrazone groups is 1. The van der Waals surface area contributed by atoms with Crippen molar-refractivity contribution in [2.24, 2.45) is 5.10 Å². The van der Waals surface area contributed by atoms with Crippen LogP contribution in [0.5, 0.6) is 0 Å². The maximum atomic E-state index is 11.7. The summed E-state index contributed by atoms with van der Waals surface area (Å²) in [4.78, 5) is 22.4. The Morgan fingerprint density at radius 3 is 2.32 bits per heavy atom. The molecule has 0 fully saturated rings. The standard InChI is InChI=1S/C17H16N2O3/c1-12-2-4-13(5-3-12)10-16(20)19-18-11-14-6-8-15(9-7-14)17(21)22/h2-9,11H,10H2,1H3,(H,19,20)(H,21,22)/b18-11+. The molecule has 0 bridgehead atoms. The first-order valence-electron chi connectivity index (χ1n) is 6.75. The molecule has 22 heavy (non-hydrogen) atoms. The zero-order valence-corrected chi connectivity index (χ0v) is 12.1. The topological polar surface area (TPSA) is 78.8 Å². The molecule has 5 heteroatoms. The lowest BCUT2D eigenvalue weighted by atomic mass is 10.1. The molecule has 112 valence electrons. The lowest BCUT2D eigenvalue weighted by molar-refractivity contribution is -0.120. The van der Waals surface area contributed by atoms with Gasteiger partial charge in [-0.1, -0.05) is 42.0 Å². The van der Waals surface area contributed by atoms with Gasteiger partial charge in [-0.25, -0.2) is 10.2 Å². The van der Waals surface area contributed by atoms with E-state index in [-0.39, 0.29) is 17.9 Å². The Balaban J connectivity index is 1.87. The summed E-state index contributed by atoms with van der Waals surface area (Å²) in [5.74, 6) is -1.18. The van der Waals surface area contributed by atoms with Gasteiger partial charge in [0.15, 0.2) is 0 Å². The van der Waals surface area contributed by atoms with E-state index in [1.165, 1.54) is 18.3 Å². The first-order chi connectivity index (χ1) is 10.5. The molecule has 0 aliphatic heterocycles. The van der Waals surface area contributed by atoms with Gasteiger partial charge in [0.1, 0.15) is 0 Å². The second-order valence-electron chi connectivity index (χ2n) is 4.88. The predicted octanol–water partition coefficient (Wildman–Crippen LogP) is 2.39. The predicted molar refractivity (Wildman–Crippen MR) is 84.0 cm³/mol. The highest BCUT2D eigenvalue weighted by Crippen LogP contribution is 2.04. The molecule has 0 unspecified atom stereocenters. The van der Waals surface area contributed by atoms with E-state index in [1.54, 1.807) is 12.1 Å². The van der Waals surface area contributed by atoms with Gasteiger partial charge >= 0.3 is 5.97 Å². The van der Waals surface area contributed by atoms with Gasteiger partial charge in [-0.05, 0) is 30.2 Å². The Hall–Kier alpha value is -2.95. The quantitative estimate of drug-likeness (QED) is 0.657. The van der Waals surface area contributed by atoms with E-state index < -0.39 is 5.97 Å². The third-order valence-electron chi connectivity index (χ3n) is 3.05. The van der Waals surface area contributed by atoms with E-state index in [9.17, 15) is 9.59 Å². The fourth-order valence-corrected chi connectivity index (χ4v) is 1.82. The fourth-order valence-electron chi connectivity index (χ4n) is 1.82. The summed E-state index contributed by atoms with van der Waals surface area (Å²) >= 11 is 0. The molecule has 2 rings (SSSR count). The molecule has 0 aliphatic carbocycles. The molecule has 0 spiro atoms. The van der Waals surface area contributed by atoms with Gasteiger partial charge < -0.3 is 5.11 Å². The monoisotopic (exact) mass is 296 g/mol. The zero-order chi connectivity index (χ0) is 15.9. The molecule has 0 saturated heterocycles. The van der Waals surface area contributed by atoms with Crippen LogP contribution >= 0.6 is 0 Å². The van der Waals surface area contributed by atoms with E-state index in [2.05, 4.69) is 10.5 Å². The lowest BCUT2D eigenvalue weighted by Crippen LogP contribution is -2.19. The molecule has 0 saturated carbocycles. The van der Waals surface area contributed by atoms with Crippen LogP contribution in [0.4, 0.5) is 0 Å². The number of carboxylic acids is 1. The maximum absolute atomic E-state index is 11.7. The van der Waals surface area contributed by atoms with E-state index in [0.29, 0.717) is 5.56 Å². The molecule has 2 aromatic carbocycles. The van der Waals surface area contributed by atoms with Crippen LogP contribution in [-0.2, 0) is 11.2 Å². The van der Waals surface area contributed by atoms with Crippen molar-refractivity contribution in [3.63, 3.8) is 0 Å². The summed E-state index contributed by atoms with van der Waals surface area (Å²) in [6.45, 7) is 1.99. The van der Waals surface area contributed by atoms with E-state index in [4.69, 9.17) is 5.11 Å². The van der Waals surface area contributed by atoms with Crippen LogP contribution < -0.4 is 5.43 Å². The number of amides is 1. The zero-order valence-electron chi connectivity index (χ0n) is 12.1. The molecule has 0 radical (unpaired) electrons. The van der Waals surface area contributed by atoms with Gasteiger partial charge in [0, 0.05) is 0 Å². The number of rotatable bonds is 5. The SMILES string of the molecule is Cc1ccc(CC(=O)N/N=C/c2ccc(C(=O)O)cc2)cc1. The van der Waals surface area contributed by atoms with Crippen molar-refractivity contribution in [2.45, 2.75) is 13.3 Å². The Labute approximate surface area is 128 Å². The van der Waals surface area contributed by atoms with Crippen LogP contribution in [0.25, 0.3) is 0 Å². The molecule has 1 amide bonds. The Bertz CT molecular complexity index is 689. The van der Waals surface area contributed by atoms with Crippen LogP contribution in [0, 0.1) is 6.92 Å². The Morgan fingerprint density at radius 2 is 1.73 bits per heavy atom. The number of carboxylic acid groups (broad SMARTS) is 1. The van der Waals surface area contributed by atoms with Gasteiger partial charge in [0.2, 0.25) is 5.91 Å². The lowest BCUT2D eigenvalue weighted by Gasteiger charge is -2.01. The Kier molecular flexibility index (Phi) is 5.03. The van der Waals surface area contributed by atoms with Crippen molar-refractivity contribution in [1.82, 2.24) is 5.43 Å². The average molecular weight is 296 g/mol. The highest BCUT2D eigenvalue weighted by atomic mass is 16.4. The molecule has 5 nitrogen and oxygen atoms in total.